The van der Waals surface area contributed by atoms with Gasteiger partial charge >= 0.3 is 0 Å². The molecule has 0 saturated carbocycles. The third-order valence-electron chi connectivity index (χ3n) is 2.98. The van der Waals surface area contributed by atoms with Gasteiger partial charge in [0.2, 0.25) is 10.0 Å². The largest absolute Gasteiger partial charge is 0.398 e. The molecule has 1 aromatic carbocycles. The van der Waals surface area contributed by atoms with Crippen molar-refractivity contribution >= 4 is 43.4 Å². The highest BCUT2D eigenvalue weighted by Gasteiger charge is 2.33. The molecule has 4 nitrogen and oxygen atoms in total. The van der Waals surface area contributed by atoms with Crippen LogP contribution in [0, 0.1) is 0 Å². The molecule has 1 aliphatic rings. The third kappa shape index (κ3) is 3.26. The second kappa shape index (κ2) is 5.63. The van der Waals surface area contributed by atoms with Gasteiger partial charge in [0, 0.05) is 28.1 Å². The lowest BCUT2D eigenvalue weighted by Crippen LogP contribution is -2.44. The molecule has 1 saturated heterocycles. The molecule has 0 bridgehead atoms. The normalized spacial score (nSPS) is 25.4. The van der Waals surface area contributed by atoms with E-state index in [1.165, 1.54) is 4.31 Å². The van der Waals surface area contributed by atoms with Gasteiger partial charge in [0.15, 0.2) is 0 Å². The fourth-order valence-corrected chi connectivity index (χ4v) is 5.98. The average Bonchev–Trinajstić information content (AvgIpc) is 2.31. The highest BCUT2D eigenvalue weighted by atomic mass is 79.9. The van der Waals surface area contributed by atoms with E-state index < -0.39 is 10.0 Å². The van der Waals surface area contributed by atoms with Gasteiger partial charge in [-0.25, -0.2) is 8.42 Å². The Hall–Kier alpha value is -0.240. The van der Waals surface area contributed by atoms with Crippen molar-refractivity contribution in [2.45, 2.75) is 29.2 Å². The summed E-state index contributed by atoms with van der Waals surface area (Å²) < 4.78 is 27.6. The minimum Gasteiger partial charge on any atom is -0.398 e. The highest BCUT2D eigenvalue weighted by Crippen LogP contribution is 2.31. The molecule has 7 heteroatoms. The van der Waals surface area contributed by atoms with Gasteiger partial charge in [0.1, 0.15) is 4.90 Å². The zero-order valence-electron chi connectivity index (χ0n) is 10.8. The van der Waals surface area contributed by atoms with Gasteiger partial charge in [-0.15, -0.1) is 0 Å². The quantitative estimate of drug-likeness (QED) is 0.819. The number of rotatable bonds is 2. The lowest BCUT2D eigenvalue weighted by molar-refractivity contribution is 0.405. The Kier molecular flexibility index (Phi) is 4.49. The molecule has 0 amide bonds. The number of nitrogen functional groups attached to an aromatic ring is 1. The van der Waals surface area contributed by atoms with Crippen molar-refractivity contribution in [2.75, 3.05) is 18.8 Å². The SMILES string of the molecule is CC1CN(S(=O)(=O)c2cc(Br)ccc2N)CC(C)S1. The molecule has 1 aromatic rings. The van der Waals surface area contributed by atoms with Gasteiger partial charge in [0.05, 0.1) is 5.69 Å². The molecule has 2 N–H and O–H groups in total. The van der Waals surface area contributed by atoms with E-state index in [0.717, 1.165) is 0 Å². The van der Waals surface area contributed by atoms with Crippen LogP contribution in [0.5, 0.6) is 0 Å². The van der Waals surface area contributed by atoms with E-state index in [4.69, 9.17) is 5.73 Å². The van der Waals surface area contributed by atoms with E-state index in [2.05, 4.69) is 15.9 Å². The van der Waals surface area contributed by atoms with Crippen molar-refractivity contribution in [3.8, 4) is 0 Å². The second-order valence-corrected chi connectivity index (χ2v) is 9.47. The van der Waals surface area contributed by atoms with Crippen molar-refractivity contribution in [1.29, 1.82) is 0 Å². The van der Waals surface area contributed by atoms with E-state index in [9.17, 15) is 8.42 Å². The predicted molar refractivity (Wildman–Crippen MR) is 83.8 cm³/mol. The van der Waals surface area contributed by atoms with Crippen LogP contribution in [0.2, 0.25) is 0 Å². The van der Waals surface area contributed by atoms with Crippen LogP contribution < -0.4 is 5.73 Å². The molecule has 19 heavy (non-hydrogen) atoms. The summed E-state index contributed by atoms with van der Waals surface area (Å²) in [6, 6.07) is 4.93. The Morgan fingerprint density at radius 2 is 1.89 bits per heavy atom. The minimum atomic E-state index is -3.52. The van der Waals surface area contributed by atoms with Gasteiger partial charge in [0.25, 0.3) is 0 Å². The van der Waals surface area contributed by atoms with E-state index in [0.29, 0.717) is 33.7 Å². The van der Waals surface area contributed by atoms with Crippen molar-refractivity contribution in [2.24, 2.45) is 0 Å². The van der Waals surface area contributed by atoms with E-state index in [-0.39, 0.29) is 4.90 Å². The molecule has 1 fully saturated rings. The number of sulfonamides is 1. The van der Waals surface area contributed by atoms with E-state index in [1.54, 1.807) is 18.2 Å². The lowest BCUT2D eigenvalue weighted by Gasteiger charge is -2.33. The predicted octanol–water partition coefficient (Wildman–Crippen LogP) is 2.55. The van der Waals surface area contributed by atoms with Crippen LogP contribution in [0.3, 0.4) is 0 Å². The molecule has 2 rings (SSSR count). The first-order valence-corrected chi connectivity index (χ1v) is 9.19. The van der Waals surface area contributed by atoms with Gasteiger partial charge in [-0.3, -0.25) is 0 Å². The lowest BCUT2D eigenvalue weighted by atomic mass is 10.3. The van der Waals surface area contributed by atoms with E-state index >= 15 is 0 Å². The summed E-state index contributed by atoms with van der Waals surface area (Å²) in [4.78, 5) is 0.188. The number of halogens is 1. The summed E-state index contributed by atoms with van der Waals surface area (Å²) in [6.45, 7) is 5.16. The maximum atomic E-state index is 12.7. The van der Waals surface area contributed by atoms with Crippen LogP contribution in [0.15, 0.2) is 27.6 Å². The number of nitrogens with zero attached hydrogens (tertiary/aromatic N) is 1. The van der Waals surface area contributed by atoms with Gasteiger partial charge in [-0.05, 0) is 18.2 Å². The number of hydrogen-bond acceptors (Lipinski definition) is 4. The first-order valence-electron chi connectivity index (χ1n) is 6.01. The molecular weight excluding hydrogens is 348 g/mol. The standard InChI is InChI=1S/C12H17BrN2O2S2/c1-8-6-15(7-9(2)18-8)19(16,17)12-5-10(13)3-4-11(12)14/h3-5,8-9H,6-7,14H2,1-2H3. The van der Waals surface area contributed by atoms with Crippen LogP contribution in [-0.2, 0) is 10.0 Å². The first-order chi connectivity index (χ1) is 8.80. The zero-order chi connectivity index (χ0) is 14.2. The Morgan fingerprint density at radius 1 is 1.32 bits per heavy atom. The smallest absolute Gasteiger partial charge is 0.245 e. The van der Waals surface area contributed by atoms with Crippen molar-refractivity contribution in [3.63, 3.8) is 0 Å². The van der Waals surface area contributed by atoms with E-state index in [1.807, 2.05) is 25.6 Å². The third-order valence-corrected chi connectivity index (χ3v) is 6.59. The average molecular weight is 365 g/mol. The Bertz CT molecular complexity index is 567. The van der Waals surface area contributed by atoms with Crippen molar-refractivity contribution < 1.29 is 8.42 Å². The van der Waals surface area contributed by atoms with Crippen LogP contribution in [0.1, 0.15) is 13.8 Å². The topological polar surface area (TPSA) is 63.4 Å². The minimum absolute atomic E-state index is 0.188. The maximum absolute atomic E-state index is 12.7. The fourth-order valence-electron chi connectivity index (χ4n) is 2.20. The van der Waals surface area contributed by atoms with Gasteiger partial charge < -0.3 is 5.73 Å². The summed E-state index contributed by atoms with van der Waals surface area (Å²) >= 11 is 5.11. The summed E-state index contributed by atoms with van der Waals surface area (Å²) in [5.41, 5.74) is 6.11. The summed E-state index contributed by atoms with van der Waals surface area (Å²) in [5.74, 6) is 0. The summed E-state index contributed by atoms with van der Waals surface area (Å²) in [6.07, 6.45) is 0. The Balaban J connectivity index is 2.39. The molecule has 0 radical (unpaired) electrons. The number of nitrogens with two attached hydrogens (primary N) is 1. The van der Waals surface area contributed by atoms with Crippen molar-refractivity contribution in [3.05, 3.63) is 22.7 Å². The summed E-state index contributed by atoms with van der Waals surface area (Å²) in [5, 5.41) is 0.596. The molecule has 0 spiro atoms. The molecule has 1 heterocycles. The Labute approximate surface area is 126 Å². The number of anilines is 1. The monoisotopic (exact) mass is 364 g/mol. The molecule has 2 atom stereocenters. The molecule has 0 aliphatic carbocycles. The van der Waals surface area contributed by atoms with Crippen LogP contribution in [-0.4, -0.2) is 36.3 Å². The molecule has 1 aliphatic heterocycles. The number of hydrogen-bond donors (Lipinski definition) is 1. The maximum Gasteiger partial charge on any atom is 0.245 e. The fraction of sp³-hybridized carbons (Fsp3) is 0.500. The zero-order valence-corrected chi connectivity index (χ0v) is 14.1. The summed E-state index contributed by atoms with van der Waals surface area (Å²) in [7, 11) is -3.52. The van der Waals surface area contributed by atoms with Crippen LogP contribution >= 0.6 is 27.7 Å². The molecule has 106 valence electrons. The molecule has 0 aromatic heterocycles. The van der Waals surface area contributed by atoms with Crippen molar-refractivity contribution in [1.82, 2.24) is 4.31 Å². The first kappa shape index (κ1) is 15.2. The molecule has 2 unspecified atom stereocenters. The van der Waals surface area contributed by atoms with Gasteiger partial charge in [-0.2, -0.15) is 16.1 Å². The number of thioether (sulfide) groups is 1. The second-order valence-electron chi connectivity index (χ2n) is 4.76. The number of benzene rings is 1. The molecular formula is C12H17BrN2O2S2. The highest BCUT2D eigenvalue weighted by molar-refractivity contribution is 9.10. The van der Waals surface area contributed by atoms with Gasteiger partial charge in [-0.1, -0.05) is 29.8 Å². The van der Waals surface area contributed by atoms with Crippen LogP contribution in [0.4, 0.5) is 5.69 Å². The van der Waals surface area contributed by atoms with Crippen LogP contribution in [0.25, 0.3) is 0 Å². The Morgan fingerprint density at radius 3 is 2.47 bits per heavy atom.